The van der Waals surface area contributed by atoms with Gasteiger partial charge in [0.05, 0.1) is 12.3 Å². The minimum Gasteiger partial charge on any atom is -0.380 e. The number of rotatable bonds is 7. The number of hydrogen-bond acceptors (Lipinski definition) is 3. The van der Waals surface area contributed by atoms with Crippen molar-refractivity contribution in [2.24, 2.45) is 5.41 Å². The summed E-state index contributed by atoms with van der Waals surface area (Å²) in [5.41, 5.74) is 6.57. The fourth-order valence-corrected chi connectivity index (χ4v) is 4.06. The Hall–Kier alpha value is -2.60. The van der Waals surface area contributed by atoms with E-state index in [9.17, 15) is 4.79 Å². The van der Waals surface area contributed by atoms with Crippen LogP contribution in [0.25, 0.3) is 22.3 Å². The van der Waals surface area contributed by atoms with Crippen molar-refractivity contribution in [3.8, 4) is 11.4 Å². The highest BCUT2D eigenvalue weighted by atomic mass is 16.5. The fraction of sp³-hybridized carbons (Fsp3) is 0.478. The van der Waals surface area contributed by atoms with E-state index in [1.807, 2.05) is 18.2 Å². The summed E-state index contributed by atoms with van der Waals surface area (Å²) in [5.74, 6) is -0.0749. The van der Waals surface area contributed by atoms with Crippen molar-refractivity contribution in [3.63, 3.8) is 0 Å². The fourth-order valence-electron chi connectivity index (χ4n) is 4.06. The number of carbonyl (C=O) groups excluding carboxylic acids is 1. The Morgan fingerprint density at radius 3 is 2.97 bits per heavy atom. The van der Waals surface area contributed by atoms with Crippen LogP contribution in [0.5, 0.6) is 0 Å². The Morgan fingerprint density at radius 2 is 2.14 bits per heavy atom. The number of nitrogens with zero attached hydrogens (tertiary/aromatic N) is 1. The Bertz CT molecular complexity index is 1020. The smallest absolute Gasteiger partial charge is 0.251 e. The van der Waals surface area contributed by atoms with Gasteiger partial charge in [-0.2, -0.15) is 5.10 Å². The number of aromatic nitrogens is 3. The second-order valence-electron chi connectivity index (χ2n) is 8.72. The van der Waals surface area contributed by atoms with Crippen molar-refractivity contribution in [2.45, 2.75) is 46.5 Å². The van der Waals surface area contributed by atoms with E-state index in [1.165, 1.54) is 17.7 Å². The van der Waals surface area contributed by atoms with Crippen LogP contribution in [0.4, 0.5) is 0 Å². The maximum atomic E-state index is 12.4. The zero-order valence-corrected chi connectivity index (χ0v) is 17.5. The topological polar surface area (TPSA) is 82.8 Å². The van der Waals surface area contributed by atoms with Gasteiger partial charge in [0.25, 0.3) is 5.91 Å². The van der Waals surface area contributed by atoms with Gasteiger partial charge in [-0.3, -0.25) is 9.89 Å². The highest BCUT2D eigenvalue weighted by Gasteiger charge is 2.29. The van der Waals surface area contributed by atoms with Crippen molar-refractivity contribution < 1.29 is 9.53 Å². The summed E-state index contributed by atoms with van der Waals surface area (Å²) in [6.07, 6.45) is 4.22. The molecule has 0 unspecified atom stereocenters. The lowest BCUT2D eigenvalue weighted by Gasteiger charge is -2.28. The Morgan fingerprint density at radius 1 is 1.28 bits per heavy atom. The van der Waals surface area contributed by atoms with Gasteiger partial charge in [0.1, 0.15) is 5.69 Å². The van der Waals surface area contributed by atoms with Crippen molar-refractivity contribution in [2.75, 3.05) is 19.8 Å². The van der Waals surface area contributed by atoms with E-state index in [0.717, 1.165) is 48.2 Å². The van der Waals surface area contributed by atoms with Gasteiger partial charge in [-0.1, -0.05) is 20.8 Å². The zero-order valence-electron chi connectivity index (χ0n) is 17.5. The third kappa shape index (κ3) is 4.22. The molecule has 0 atom stereocenters. The summed E-state index contributed by atoms with van der Waals surface area (Å²) < 4.78 is 5.41. The van der Waals surface area contributed by atoms with Crippen LogP contribution in [-0.4, -0.2) is 40.8 Å². The van der Waals surface area contributed by atoms with Crippen LogP contribution in [-0.2, 0) is 17.6 Å². The Labute approximate surface area is 171 Å². The van der Waals surface area contributed by atoms with Gasteiger partial charge >= 0.3 is 0 Å². The lowest BCUT2D eigenvalue weighted by atomic mass is 9.76. The first kappa shape index (κ1) is 19.7. The van der Waals surface area contributed by atoms with Crippen LogP contribution in [0.2, 0.25) is 0 Å². The van der Waals surface area contributed by atoms with Crippen LogP contribution in [0.1, 0.15) is 55.2 Å². The van der Waals surface area contributed by atoms with Crippen molar-refractivity contribution in [1.29, 1.82) is 0 Å². The standard InChI is InChI=1S/C23H30N4O2/c1-4-10-29-11-9-24-22(28)15-5-6-18-16(12-15)13-19(25-18)21-17-7-8-23(2,3)14-20(17)26-27-21/h5-6,12-13,25H,4,7-11,14H2,1-3H3,(H,24,28)(H,26,27). The lowest BCUT2D eigenvalue weighted by Crippen LogP contribution is -2.27. The second kappa shape index (κ2) is 8.03. The third-order valence-corrected chi connectivity index (χ3v) is 5.68. The van der Waals surface area contributed by atoms with Crippen molar-refractivity contribution >= 4 is 16.8 Å². The van der Waals surface area contributed by atoms with Crippen LogP contribution in [0, 0.1) is 5.41 Å². The van der Waals surface area contributed by atoms with Gasteiger partial charge in [-0.05, 0) is 55.4 Å². The monoisotopic (exact) mass is 394 g/mol. The molecule has 0 fully saturated rings. The number of H-pyrrole nitrogens is 2. The molecule has 3 N–H and O–H groups in total. The number of benzene rings is 1. The van der Waals surface area contributed by atoms with Crippen molar-refractivity contribution in [1.82, 2.24) is 20.5 Å². The molecule has 0 aliphatic heterocycles. The van der Waals surface area contributed by atoms with E-state index >= 15 is 0 Å². The molecule has 1 aliphatic rings. The molecule has 2 heterocycles. The largest absolute Gasteiger partial charge is 0.380 e. The van der Waals surface area contributed by atoms with Gasteiger partial charge in [0.15, 0.2) is 0 Å². The van der Waals surface area contributed by atoms with Crippen molar-refractivity contribution in [3.05, 3.63) is 41.1 Å². The molecule has 3 aromatic rings. The first-order valence-corrected chi connectivity index (χ1v) is 10.5. The van der Waals surface area contributed by atoms with Crippen LogP contribution < -0.4 is 5.32 Å². The number of amides is 1. The molecule has 154 valence electrons. The second-order valence-corrected chi connectivity index (χ2v) is 8.72. The number of ether oxygens (including phenoxy) is 1. The first-order chi connectivity index (χ1) is 14.0. The number of carbonyl (C=O) groups is 1. The van der Waals surface area contributed by atoms with Crippen LogP contribution in [0.15, 0.2) is 24.3 Å². The van der Waals surface area contributed by atoms with E-state index in [1.54, 1.807) is 0 Å². The van der Waals surface area contributed by atoms with Gasteiger partial charge in [-0.15, -0.1) is 0 Å². The van der Waals surface area contributed by atoms with E-state index < -0.39 is 0 Å². The zero-order chi connectivity index (χ0) is 20.4. The number of aromatic amines is 2. The quantitative estimate of drug-likeness (QED) is 0.525. The van der Waals surface area contributed by atoms with Gasteiger partial charge in [-0.25, -0.2) is 0 Å². The summed E-state index contributed by atoms with van der Waals surface area (Å²) in [4.78, 5) is 15.9. The summed E-state index contributed by atoms with van der Waals surface area (Å²) in [6, 6.07) is 7.84. The molecule has 0 spiro atoms. The predicted octanol–water partition coefficient (Wildman–Crippen LogP) is 4.23. The molecular weight excluding hydrogens is 364 g/mol. The van der Waals surface area contributed by atoms with Gasteiger partial charge in [0.2, 0.25) is 0 Å². The molecule has 0 radical (unpaired) electrons. The van der Waals surface area contributed by atoms with E-state index in [4.69, 9.17) is 4.74 Å². The average molecular weight is 395 g/mol. The molecule has 1 amide bonds. The molecule has 1 aromatic carbocycles. The molecule has 6 nitrogen and oxygen atoms in total. The molecule has 0 saturated carbocycles. The lowest BCUT2D eigenvalue weighted by molar-refractivity contribution is 0.0915. The predicted molar refractivity (Wildman–Crippen MR) is 115 cm³/mol. The molecule has 6 heteroatoms. The third-order valence-electron chi connectivity index (χ3n) is 5.68. The number of fused-ring (bicyclic) bond motifs is 2. The minimum atomic E-state index is -0.0749. The van der Waals surface area contributed by atoms with Crippen LogP contribution in [0.3, 0.4) is 0 Å². The first-order valence-electron chi connectivity index (χ1n) is 10.5. The summed E-state index contributed by atoms with van der Waals surface area (Å²) in [6.45, 7) is 8.47. The average Bonchev–Trinajstić information content (AvgIpc) is 3.29. The summed E-state index contributed by atoms with van der Waals surface area (Å²) in [7, 11) is 0. The molecule has 4 rings (SSSR count). The molecule has 29 heavy (non-hydrogen) atoms. The molecule has 0 saturated heterocycles. The Kier molecular flexibility index (Phi) is 5.46. The molecule has 0 bridgehead atoms. The number of hydrogen-bond donors (Lipinski definition) is 3. The van der Waals surface area contributed by atoms with Crippen LogP contribution >= 0.6 is 0 Å². The van der Waals surface area contributed by atoms with Gasteiger partial charge < -0.3 is 15.0 Å². The van der Waals surface area contributed by atoms with E-state index in [0.29, 0.717) is 24.1 Å². The maximum absolute atomic E-state index is 12.4. The van der Waals surface area contributed by atoms with Gasteiger partial charge in [0, 0.05) is 40.9 Å². The summed E-state index contributed by atoms with van der Waals surface area (Å²) in [5, 5.41) is 11.8. The number of nitrogens with one attached hydrogen (secondary N) is 3. The highest BCUT2D eigenvalue weighted by molar-refractivity contribution is 5.99. The normalized spacial score (nSPS) is 15.4. The Balaban J connectivity index is 1.51. The molecule has 2 aromatic heterocycles. The van der Waals surface area contributed by atoms with E-state index in [2.05, 4.69) is 47.3 Å². The SMILES string of the molecule is CCCOCCNC(=O)c1ccc2[nH]c(-c3n[nH]c4c3CCC(C)(C)C4)cc2c1. The molecule has 1 aliphatic carbocycles. The minimum absolute atomic E-state index is 0.0749. The highest BCUT2D eigenvalue weighted by Crippen LogP contribution is 2.38. The summed E-state index contributed by atoms with van der Waals surface area (Å²) >= 11 is 0. The maximum Gasteiger partial charge on any atom is 0.251 e. The van der Waals surface area contributed by atoms with E-state index in [-0.39, 0.29) is 5.91 Å². The molecular formula is C23H30N4O2.